The predicted octanol–water partition coefficient (Wildman–Crippen LogP) is 1.64. The first-order chi connectivity index (χ1) is 9.94. The molecule has 112 valence electrons. The number of nitrogens with one attached hydrogen (secondary N) is 2. The van der Waals surface area contributed by atoms with E-state index >= 15 is 0 Å². The SMILES string of the molecule is CCc1ccc(S(=O)(=O)NNC(=O)c2ccccc2O)s1. The van der Waals surface area contributed by atoms with Gasteiger partial charge >= 0.3 is 0 Å². The molecule has 0 radical (unpaired) electrons. The standard InChI is InChI=1S/C13H14N2O4S2/c1-2-9-7-8-12(20-9)21(18,19)15-14-13(17)10-5-3-4-6-11(10)16/h3-8,15-16H,2H2,1H3,(H,14,17). The van der Waals surface area contributed by atoms with E-state index in [4.69, 9.17) is 0 Å². The summed E-state index contributed by atoms with van der Waals surface area (Å²) in [6.45, 7) is 1.93. The quantitative estimate of drug-likeness (QED) is 0.728. The third-order valence-electron chi connectivity index (χ3n) is 2.70. The molecule has 0 aliphatic heterocycles. The maximum Gasteiger partial charge on any atom is 0.269 e. The Labute approximate surface area is 126 Å². The number of carbonyl (C=O) groups excluding carboxylic acids is 1. The van der Waals surface area contributed by atoms with Crippen LogP contribution in [0.3, 0.4) is 0 Å². The van der Waals surface area contributed by atoms with Gasteiger partial charge in [0.05, 0.1) is 5.56 Å². The van der Waals surface area contributed by atoms with Crippen LogP contribution >= 0.6 is 11.3 Å². The molecule has 2 rings (SSSR count). The molecule has 8 heteroatoms. The van der Waals surface area contributed by atoms with Crippen molar-refractivity contribution in [1.82, 2.24) is 10.3 Å². The number of phenols is 1. The number of aromatic hydroxyl groups is 1. The molecule has 0 atom stereocenters. The summed E-state index contributed by atoms with van der Waals surface area (Å²) < 4.78 is 24.1. The van der Waals surface area contributed by atoms with Crippen LogP contribution < -0.4 is 10.3 Å². The van der Waals surface area contributed by atoms with Gasteiger partial charge in [0.15, 0.2) is 0 Å². The largest absolute Gasteiger partial charge is 0.507 e. The van der Waals surface area contributed by atoms with Crippen molar-refractivity contribution in [3.63, 3.8) is 0 Å². The van der Waals surface area contributed by atoms with Crippen LogP contribution in [0.25, 0.3) is 0 Å². The fourth-order valence-electron chi connectivity index (χ4n) is 1.59. The zero-order valence-corrected chi connectivity index (χ0v) is 12.8. The molecular weight excluding hydrogens is 312 g/mol. The molecule has 1 amide bonds. The monoisotopic (exact) mass is 326 g/mol. The summed E-state index contributed by atoms with van der Waals surface area (Å²) in [5.41, 5.74) is 2.06. The summed E-state index contributed by atoms with van der Waals surface area (Å²) in [6, 6.07) is 9.07. The van der Waals surface area contributed by atoms with E-state index in [0.717, 1.165) is 22.6 Å². The van der Waals surface area contributed by atoms with E-state index in [0.29, 0.717) is 0 Å². The smallest absolute Gasteiger partial charge is 0.269 e. The van der Waals surface area contributed by atoms with Crippen LogP contribution in [0.15, 0.2) is 40.6 Å². The molecule has 6 nitrogen and oxygen atoms in total. The molecule has 3 N–H and O–H groups in total. The summed E-state index contributed by atoms with van der Waals surface area (Å²) in [5, 5.41) is 9.53. The maximum atomic E-state index is 12.0. The van der Waals surface area contributed by atoms with Crippen LogP contribution in [-0.2, 0) is 16.4 Å². The lowest BCUT2D eigenvalue weighted by Crippen LogP contribution is -2.41. The maximum absolute atomic E-state index is 12.0. The molecule has 1 aromatic heterocycles. The number of para-hydroxylation sites is 1. The highest BCUT2D eigenvalue weighted by Gasteiger charge is 2.18. The molecule has 1 aromatic carbocycles. The second kappa shape index (κ2) is 6.25. The van der Waals surface area contributed by atoms with E-state index in [1.54, 1.807) is 18.2 Å². The van der Waals surface area contributed by atoms with E-state index in [1.807, 2.05) is 11.8 Å². The van der Waals surface area contributed by atoms with Crippen molar-refractivity contribution in [2.24, 2.45) is 0 Å². The van der Waals surface area contributed by atoms with E-state index in [-0.39, 0.29) is 15.5 Å². The molecule has 1 heterocycles. The summed E-state index contributed by atoms with van der Waals surface area (Å²) in [6.07, 6.45) is 0.741. The number of thiophene rings is 1. The summed E-state index contributed by atoms with van der Waals surface area (Å²) in [7, 11) is -3.81. The van der Waals surface area contributed by atoms with Crippen LogP contribution in [0, 0.1) is 0 Å². The Bertz CT molecular complexity index is 753. The van der Waals surface area contributed by atoms with E-state index in [9.17, 15) is 18.3 Å². The molecule has 0 saturated heterocycles. The number of phenolic OH excluding ortho intramolecular Hbond substituents is 1. The van der Waals surface area contributed by atoms with Crippen LogP contribution in [0.2, 0.25) is 0 Å². The first-order valence-electron chi connectivity index (χ1n) is 6.13. The van der Waals surface area contributed by atoms with Crippen LogP contribution in [-0.4, -0.2) is 19.4 Å². The number of hydrazine groups is 1. The van der Waals surface area contributed by atoms with Gasteiger partial charge in [-0.2, -0.15) is 0 Å². The average molecular weight is 326 g/mol. The lowest BCUT2D eigenvalue weighted by atomic mass is 10.2. The average Bonchev–Trinajstić information content (AvgIpc) is 2.95. The minimum Gasteiger partial charge on any atom is -0.507 e. The van der Waals surface area contributed by atoms with Gasteiger partial charge < -0.3 is 5.11 Å². The Hall–Kier alpha value is -1.90. The number of benzene rings is 1. The van der Waals surface area contributed by atoms with Gasteiger partial charge in [0.2, 0.25) is 0 Å². The van der Waals surface area contributed by atoms with Crippen molar-refractivity contribution in [3.8, 4) is 5.75 Å². The van der Waals surface area contributed by atoms with E-state index in [1.165, 1.54) is 18.2 Å². The fraction of sp³-hybridized carbons (Fsp3) is 0.154. The lowest BCUT2D eigenvalue weighted by Gasteiger charge is -2.07. The van der Waals surface area contributed by atoms with E-state index in [2.05, 4.69) is 5.43 Å². The summed E-state index contributed by atoms with van der Waals surface area (Å²) in [4.78, 5) is 14.8. The van der Waals surface area contributed by atoms with Crippen molar-refractivity contribution < 1.29 is 18.3 Å². The van der Waals surface area contributed by atoms with Gasteiger partial charge in [-0.25, -0.2) is 8.42 Å². The van der Waals surface area contributed by atoms with E-state index < -0.39 is 15.9 Å². The lowest BCUT2D eigenvalue weighted by molar-refractivity contribution is 0.0942. The molecule has 0 aliphatic rings. The second-order valence-corrected chi connectivity index (χ2v) is 7.23. The highest BCUT2D eigenvalue weighted by molar-refractivity contribution is 7.91. The molecular formula is C13H14N2O4S2. The van der Waals surface area contributed by atoms with Gasteiger partial charge in [0.1, 0.15) is 9.96 Å². The zero-order chi connectivity index (χ0) is 15.5. The third-order valence-corrected chi connectivity index (χ3v) is 5.67. The van der Waals surface area contributed by atoms with Gasteiger partial charge in [-0.05, 0) is 30.7 Å². The molecule has 2 aromatic rings. The molecule has 0 bridgehead atoms. The topological polar surface area (TPSA) is 95.5 Å². The zero-order valence-electron chi connectivity index (χ0n) is 11.2. The number of rotatable bonds is 5. The molecule has 0 unspecified atom stereocenters. The van der Waals surface area contributed by atoms with Gasteiger partial charge in [0, 0.05) is 4.88 Å². The minimum absolute atomic E-state index is 0.0133. The van der Waals surface area contributed by atoms with Crippen LogP contribution in [0.1, 0.15) is 22.2 Å². The normalized spacial score (nSPS) is 11.3. The van der Waals surface area contributed by atoms with Crippen molar-refractivity contribution in [3.05, 3.63) is 46.8 Å². The Morgan fingerprint density at radius 1 is 1.24 bits per heavy atom. The van der Waals surface area contributed by atoms with Crippen molar-refractivity contribution >= 4 is 27.3 Å². The first kappa shape index (κ1) is 15.5. The van der Waals surface area contributed by atoms with Gasteiger partial charge in [-0.15, -0.1) is 16.2 Å². The summed E-state index contributed by atoms with van der Waals surface area (Å²) in [5.74, 6) is -0.956. The number of sulfonamides is 1. The Balaban J connectivity index is 2.08. The van der Waals surface area contributed by atoms with Crippen molar-refractivity contribution in [1.29, 1.82) is 0 Å². The molecule has 0 aliphatic carbocycles. The molecule has 0 saturated carbocycles. The Kier molecular flexibility index (Phi) is 4.61. The number of hydrogen-bond donors (Lipinski definition) is 3. The number of carbonyl (C=O) groups is 1. The number of hydrogen-bond acceptors (Lipinski definition) is 5. The molecule has 0 spiro atoms. The first-order valence-corrected chi connectivity index (χ1v) is 8.43. The minimum atomic E-state index is -3.81. The van der Waals surface area contributed by atoms with Crippen LogP contribution in [0.4, 0.5) is 0 Å². The number of aryl methyl sites for hydroxylation is 1. The summed E-state index contributed by atoms with van der Waals surface area (Å²) >= 11 is 1.14. The fourth-order valence-corrected chi connectivity index (χ4v) is 3.72. The highest BCUT2D eigenvalue weighted by atomic mass is 32.2. The number of amides is 1. The van der Waals surface area contributed by atoms with Gasteiger partial charge in [0.25, 0.3) is 15.9 Å². The molecule has 21 heavy (non-hydrogen) atoms. The van der Waals surface area contributed by atoms with Crippen molar-refractivity contribution in [2.75, 3.05) is 0 Å². The second-order valence-electron chi connectivity index (χ2n) is 4.15. The predicted molar refractivity (Wildman–Crippen MR) is 79.6 cm³/mol. The van der Waals surface area contributed by atoms with Crippen LogP contribution in [0.5, 0.6) is 5.75 Å². The van der Waals surface area contributed by atoms with Gasteiger partial charge in [-0.1, -0.05) is 19.1 Å². The van der Waals surface area contributed by atoms with Crippen molar-refractivity contribution in [2.45, 2.75) is 17.6 Å². The molecule has 0 fully saturated rings. The third kappa shape index (κ3) is 3.60. The van der Waals surface area contributed by atoms with Gasteiger partial charge in [-0.3, -0.25) is 10.2 Å². The Morgan fingerprint density at radius 3 is 2.57 bits per heavy atom. The highest BCUT2D eigenvalue weighted by Crippen LogP contribution is 2.21. The Morgan fingerprint density at radius 2 is 1.95 bits per heavy atom.